The van der Waals surface area contributed by atoms with E-state index in [0.29, 0.717) is 42.6 Å². The molecule has 0 N–H and O–H groups in total. The minimum atomic E-state index is -3.72. The summed E-state index contributed by atoms with van der Waals surface area (Å²) in [5.74, 6) is 1.65. The maximum Gasteiger partial charge on any atom is 0.243 e. The van der Waals surface area contributed by atoms with Crippen molar-refractivity contribution in [3.8, 4) is 5.75 Å². The van der Waals surface area contributed by atoms with Gasteiger partial charge in [-0.3, -0.25) is 4.79 Å². The van der Waals surface area contributed by atoms with Crippen molar-refractivity contribution >= 4 is 21.7 Å². The van der Waals surface area contributed by atoms with E-state index < -0.39 is 16.1 Å². The second kappa shape index (κ2) is 9.19. The smallest absolute Gasteiger partial charge is 0.243 e. The number of benzene rings is 1. The van der Waals surface area contributed by atoms with Gasteiger partial charge in [0.05, 0.1) is 30.3 Å². The van der Waals surface area contributed by atoms with Crippen molar-refractivity contribution in [1.29, 1.82) is 0 Å². The molecule has 0 radical (unpaired) electrons. The number of hydrogen-bond donors (Lipinski definition) is 0. The molecular formula is C21H29N5O4S. The third kappa shape index (κ3) is 4.96. The molecule has 168 valence electrons. The molecule has 0 unspecified atom stereocenters. The molecule has 10 heteroatoms. The number of rotatable bonds is 7. The summed E-state index contributed by atoms with van der Waals surface area (Å²) in [4.78, 5) is 24.6. The van der Waals surface area contributed by atoms with Gasteiger partial charge >= 0.3 is 0 Å². The SMILES string of the molecule is COc1ccc(S(=O)(=O)N2CCC[C@H]2c2nc(CN(C)C(C)=O)cc(N(C)C)n2)cc1. The molecule has 1 aliphatic heterocycles. The Labute approximate surface area is 183 Å². The monoisotopic (exact) mass is 447 g/mol. The third-order valence-electron chi connectivity index (χ3n) is 5.35. The molecule has 9 nitrogen and oxygen atoms in total. The summed E-state index contributed by atoms with van der Waals surface area (Å²) in [6.07, 6.45) is 1.35. The van der Waals surface area contributed by atoms with Crippen molar-refractivity contribution in [2.75, 3.05) is 39.7 Å². The van der Waals surface area contributed by atoms with Crippen LogP contribution in [0.3, 0.4) is 0 Å². The maximum atomic E-state index is 13.4. The molecule has 1 saturated heterocycles. The molecule has 0 aliphatic carbocycles. The van der Waals surface area contributed by atoms with Gasteiger partial charge < -0.3 is 14.5 Å². The number of nitrogens with zero attached hydrogens (tertiary/aromatic N) is 5. The lowest BCUT2D eigenvalue weighted by Crippen LogP contribution is -2.32. The number of ether oxygens (including phenoxy) is 1. The Morgan fingerprint density at radius 2 is 1.87 bits per heavy atom. The molecule has 0 spiro atoms. The summed E-state index contributed by atoms with van der Waals surface area (Å²) in [6.45, 7) is 2.22. The number of methoxy groups -OCH3 is 1. The Balaban J connectivity index is 1.98. The van der Waals surface area contributed by atoms with E-state index in [1.807, 2.05) is 25.1 Å². The highest BCUT2D eigenvalue weighted by molar-refractivity contribution is 7.89. The zero-order valence-electron chi connectivity index (χ0n) is 18.6. The summed E-state index contributed by atoms with van der Waals surface area (Å²) in [5.41, 5.74) is 0.667. The molecule has 2 aromatic rings. The van der Waals surface area contributed by atoms with Gasteiger partial charge in [-0.2, -0.15) is 4.31 Å². The van der Waals surface area contributed by atoms with E-state index in [1.54, 1.807) is 36.2 Å². The Bertz CT molecular complexity index is 1040. The van der Waals surface area contributed by atoms with Crippen LogP contribution in [0.5, 0.6) is 5.75 Å². The van der Waals surface area contributed by atoms with Crippen LogP contribution < -0.4 is 9.64 Å². The number of anilines is 1. The highest BCUT2D eigenvalue weighted by Gasteiger charge is 2.38. The molecule has 1 aromatic carbocycles. The number of carbonyl (C=O) groups is 1. The largest absolute Gasteiger partial charge is 0.497 e. The second-order valence-electron chi connectivity index (χ2n) is 7.79. The van der Waals surface area contributed by atoms with Gasteiger partial charge in [-0.1, -0.05) is 0 Å². The molecule has 1 fully saturated rings. The van der Waals surface area contributed by atoms with Gasteiger partial charge in [0.1, 0.15) is 17.4 Å². The molecule has 1 aliphatic rings. The third-order valence-corrected chi connectivity index (χ3v) is 7.27. The topological polar surface area (TPSA) is 95.9 Å². The Morgan fingerprint density at radius 3 is 2.45 bits per heavy atom. The molecule has 31 heavy (non-hydrogen) atoms. The maximum absolute atomic E-state index is 13.4. The van der Waals surface area contributed by atoms with Gasteiger partial charge in [-0.05, 0) is 37.1 Å². The van der Waals surface area contributed by atoms with Crippen molar-refractivity contribution in [3.63, 3.8) is 0 Å². The zero-order valence-corrected chi connectivity index (χ0v) is 19.4. The van der Waals surface area contributed by atoms with Crippen LogP contribution in [0.2, 0.25) is 0 Å². The number of sulfonamides is 1. The molecule has 1 atom stereocenters. The van der Waals surface area contributed by atoms with Gasteiger partial charge in [0.25, 0.3) is 0 Å². The van der Waals surface area contributed by atoms with E-state index in [-0.39, 0.29) is 10.8 Å². The predicted molar refractivity (Wildman–Crippen MR) is 117 cm³/mol. The van der Waals surface area contributed by atoms with E-state index in [4.69, 9.17) is 4.74 Å². The van der Waals surface area contributed by atoms with Crippen LogP contribution in [0, 0.1) is 0 Å². The van der Waals surface area contributed by atoms with Crippen LogP contribution in [0.25, 0.3) is 0 Å². The van der Waals surface area contributed by atoms with Crippen molar-refractivity contribution < 1.29 is 17.9 Å². The minimum absolute atomic E-state index is 0.0730. The fourth-order valence-corrected chi connectivity index (χ4v) is 5.14. The van der Waals surface area contributed by atoms with Gasteiger partial charge in [-0.15, -0.1) is 0 Å². The summed E-state index contributed by atoms with van der Waals surface area (Å²) in [6, 6.07) is 7.73. The lowest BCUT2D eigenvalue weighted by Gasteiger charge is -2.25. The van der Waals surface area contributed by atoms with Crippen molar-refractivity contribution in [1.82, 2.24) is 19.2 Å². The van der Waals surface area contributed by atoms with Crippen LogP contribution in [0.4, 0.5) is 5.82 Å². The highest BCUT2D eigenvalue weighted by atomic mass is 32.2. The van der Waals surface area contributed by atoms with Crippen LogP contribution in [-0.2, 0) is 21.4 Å². The van der Waals surface area contributed by atoms with Crippen LogP contribution in [0.1, 0.15) is 37.3 Å². The Morgan fingerprint density at radius 1 is 1.19 bits per heavy atom. The van der Waals surface area contributed by atoms with Crippen molar-refractivity contribution in [2.24, 2.45) is 0 Å². The standard InChI is InChI=1S/C21H29N5O4S/c1-15(27)25(4)14-16-13-20(24(2)3)23-21(22-16)19-7-6-12-26(19)31(28,29)18-10-8-17(30-5)9-11-18/h8-11,13,19H,6-7,12,14H2,1-5H3/t19-/m0/s1. The molecule has 0 saturated carbocycles. The minimum Gasteiger partial charge on any atom is -0.497 e. The average Bonchev–Trinajstić information content (AvgIpc) is 3.24. The summed E-state index contributed by atoms with van der Waals surface area (Å²) >= 11 is 0. The first-order valence-corrected chi connectivity index (χ1v) is 11.5. The summed E-state index contributed by atoms with van der Waals surface area (Å²) in [7, 11) is 3.25. The Hall–Kier alpha value is -2.72. The lowest BCUT2D eigenvalue weighted by molar-refractivity contribution is -0.128. The van der Waals surface area contributed by atoms with Crippen LogP contribution in [0.15, 0.2) is 35.2 Å². The first-order chi connectivity index (χ1) is 14.6. The molecule has 1 aromatic heterocycles. The average molecular weight is 448 g/mol. The van der Waals surface area contributed by atoms with Crippen molar-refractivity contribution in [3.05, 3.63) is 41.9 Å². The molecule has 0 bridgehead atoms. The Kier molecular flexibility index (Phi) is 6.80. The van der Waals surface area contributed by atoms with Gasteiger partial charge in [0.2, 0.25) is 15.9 Å². The van der Waals surface area contributed by atoms with E-state index in [1.165, 1.54) is 18.3 Å². The fourth-order valence-electron chi connectivity index (χ4n) is 3.49. The van der Waals surface area contributed by atoms with E-state index in [0.717, 1.165) is 6.42 Å². The van der Waals surface area contributed by atoms with Gasteiger partial charge in [0.15, 0.2) is 0 Å². The number of hydrogen-bond acceptors (Lipinski definition) is 7. The van der Waals surface area contributed by atoms with Gasteiger partial charge in [0, 0.05) is 40.7 Å². The van der Waals surface area contributed by atoms with Crippen molar-refractivity contribution in [2.45, 2.75) is 37.2 Å². The molecule has 3 rings (SSSR count). The van der Waals surface area contributed by atoms with Gasteiger partial charge in [-0.25, -0.2) is 18.4 Å². The van der Waals surface area contributed by atoms with Crippen LogP contribution in [-0.4, -0.2) is 68.3 Å². The second-order valence-corrected chi connectivity index (χ2v) is 9.69. The molecule has 2 heterocycles. The van der Waals surface area contributed by atoms with E-state index in [2.05, 4.69) is 9.97 Å². The fraction of sp³-hybridized carbons (Fsp3) is 0.476. The molecular weight excluding hydrogens is 418 g/mol. The zero-order chi connectivity index (χ0) is 22.8. The quantitative estimate of drug-likeness (QED) is 0.641. The number of carbonyl (C=O) groups excluding carboxylic acids is 1. The highest BCUT2D eigenvalue weighted by Crippen LogP contribution is 2.36. The normalized spacial score (nSPS) is 16.9. The number of amides is 1. The number of aromatic nitrogens is 2. The molecule has 1 amide bonds. The lowest BCUT2D eigenvalue weighted by atomic mass is 10.2. The van der Waals surface area contributed by atoms with E-state index >= 15 is 0 Å². The van der Waals surface area contributed by atoms with E-state index in [9.17, 15) is 13.2 Å². The van der Waals surface area contributed by atoms with Crippen LogP contribution >= 0.6 is 0 Å². The summed E-state index contributed by atoms with van der Waals surface area (Å²) < 4.78 is 33.3. The first-order valence-electron chi connectivity index (χ1n) is 10.1. The first kappa shape index (κ1) is 23.0. The predicted octanol–water partition coefficient (Wildman–Crippen LogP) is 2.06. The summed E-state index contributed by atoms with van der Waals surface area (Å²) in [5, 5.41) is 0.